The number of carbonyl (C=O) groups is 1. The molecule has 1 aromatic carbocycles. The van der Waals surface area contributed by atoms with E-state index in [0.29, 0.717) is 0 Å². The van der Waals surface area contributed by atoms with Gasteiger partial charge in [0.2, 0.25) is 5.91 Å². The molecule has 0 aliphatic heterocycles. The molecule has 0 saturated heterocycles. The Bertz CT molecular complexity index is 443. The van der Waals surface area contributed by atoms with Gasteiger partial charge in [-0.05, 0) is 30.0 Å². The third-order valence-corrected chi connectivity index (χ3v) is 3.11. The maximum absolute atomic E-state index is 12.1. The van der Waals surface area contributed by atoms with Crippen LogP contribution in [0, 0.1) is 11.8 Å². The fourth-order valence-corrected chi connectivity index (χ4v) is 2.23. The van der Waals surface area contributed by atoms with Crippen molar-refractivity contribution in [2.75, 3.05) is 5.32 Å². The van der Waals surface area contributed by atoms with Crippen LogP contribution in [0.5, 0.6) is 0 Å². The number of aryl methyl sites for hydroxylation is 1. The highest BCUT2D eigenvalue weighted by Crippen LogP contribution is 2.16. The van der Waals surface area contributed by atoms with Crippen molar-refractivity contribution in [1.82, 2.24) is 0 Å². The van der Waals surface area contributed by atoms with Crippen molar-refractivity contribution in [3.63, 3.8) is 0 Å². The number of amides is 1. The van der Waals surface area contributed by atoms with Crippen LogP contribution in [0.2, 0.25) is 0 Å². The van der Waals surface area contributed by atoms with E-state index in [0.717, 1.165) is 12.1 Å². The minimum absolute atomic E-state index is 0.0943. The van der Waals surface area contributed by atoms with E-state index in [9.17, 15) is 4.79 Å². The topological polar surface area (TPSA) is 55.1 Å². The Morgan fingerprint density at radius 3 is 2.61 bits per heavy atom. The van der Waals surface area contributed by atoms with E-state index >= 15 is 0 Å². The van der Waals surface area contributed by atoms with Gasteiger partial charge in [-0.1, -0.05) is 45.1 Å². The highest BCUT2D eigenvalue weighted by Gasteiger charge is 2.24. The van der Waals surface area contributed by atoms with E-state index in [1.54, 1.807) is 0 Å². The van der Waals surface area contributed by atoms with E-state index in [1.807, 2.05) is 38.1 Å². The summed E-state index contributed by atoms with van der Waals surface area (Å²) in [5.74, 6) is -0.465. The summed E-state index contributed by atoms with van der Waals surface area (Å²) >= 11 is 4.95. The van der Waals surface area contributed by atoms with Crippen molar-refractivity contribution in [2.24, 2.45) is 17.6 Å². The van der Waals surface area contributed by atoms with E-state index < -0.39 is 5.92 Å². The summed E-state index contributed by atoms with van der Waals surface area (Å²) in [7, 11) is 0. The number of nitrogens with two attached hydrogens (primary N) is 1. The number of nitrogens with one attached hydrogen (secondary N) is 1. The van der Waals surface area contributed by atoms with Crippen molar-refractivity contribution in [3.05, 3.63) is 29.8 Å². The molecule has 0 bridgehead atoms. The third-order valence-electron chi connectivity index (χ3n) is 2.86. The van der Waals surface area contributed by atoms with Crippen LogP contribution >= 0.6 is 12.2 Å². The first-order chi connectivity index (χ1) is 8.45. The minimum atomic E-state index is -0.426. The highest BCUT2D eigenvalue weighted by atomic mass is 32.1. The molecule has 0 fully saturated rings. The average Bonchev–Trinajstić information content (AvgIpc) is 2.28. The summed E-state index contributed by atoms with van der Waals surface area (Å²) in [6.45, 7) is 5.95. The lowest BCUT2D eigenvalue weighted by molar-refractivity contribution is -0.118. The van der Waals surface area contributed by atoms with Crippen LogP contribution in [-0.4, -0.2) is 10.9 Å². The van der Waals surface area contributed by atoms with Crippen LogP contribution in [0.4, 0.5) is 5.69 Å². The Morgan fingerprint density at radius 1 is 1.44 bits per heavy atom. The number of rotatable bonds is 5. The maximum atomic E-state index is 12.1. The molecule has 1 atom stereocenters. The van der Waals surface area contributed by atoms with Crippen molar-refractivity contribution in [2.45, 2.75) is 27.2 Å². The number of carbonyl (C=O) groups excluding carboxylic acids is 1. The van der Waals surface area contributed by atoms with Gasteiger partial charge in [0.1, 0.15) is 0 Å². The summed E-state index contributed by atoms with van der Waals surface area (Å²) in [6.07, 6.45) is 0.937. The zero-order chi connectivity index (χ0) is 13.7. The second-order valence-corrected chi connectivity index (χ2v) is 5.14. The normalized spacial score (nSPS) is 12.2. The van der Waals surface area contributed by atoms with Gasteiger partial charge in [-0.15, -0.1) is 0 Å². The monoisotopic (exact) mass is 264 g/mol. The second-order valence-electron chi connectivity index (χ2n) is 4.67. The Morgan fingerprint density at radius 2 is 2.11 bits per heavy atom. The van der Waals surface area contributed by atoms with Crippen molar-refractivity contribution < 1.29 is 4.79 Å². The molecule has 0 spiro atoms. The Kier molecular flexibility index (Phi) is 5.28. The lowest BCUT2D eigenvalue weighted by Crippen LogP contribution is -2.36. The molecular formula is C14H20N2OS. The fourth-order valence-electron chi connectivity index (χ4n) is 1.85. The molecule has 0 saturated carbocycles. The molecular weight excluding hydrogens is 244 g/mol. The molecule has 1 unspecified atom stereocenters. The summed E-state index contributed by atoms with van der Waals surface area (Å²) in [4.78, 5) is 12.4. The third kappa shape index (κ3) is 3.81. The molecule has 3 nitrogen and oxygen atoms in total. The van der Waals surface area contributed by atoms with Gasteiger partial charge in [0.15, 0.2) is 0 Å². The standard InChI is InChI=1S/C14H20N2OS/c1-4-10-6-5-7-11(8-10)16-14(17)12(9(2)3)13(15)18/h5-9,12H,4H2,1-3H3,(H2,15,18)(H,16,17). The molecule has 0 heterocycles. The summed E-state index contributed by atoms with van der Waals surface area (Å²) in [5, 5.41) is 2.87. The predicted molar refractivity (Wildman–Crippen MR) is 79.6 cm³/mol. The van der Waals surface area contributed by atoms with Crippen molar-refractivity contribution in [3.8, 4) is 0 Å². The molecule has 18 heavy (non-hydrogen) atoms. The largest absolute Gasteiger partial charge is 0.393 e. The Balaban J connectivity index is 2.82. The van der Waals surface area contributed by atoms with Gasteiger partial charge in [-0.3, -0.25) is 4.79 Å². The molecule has 98 valence electrons. The van der Waals surface area contributed by atoms with Gasteiger partial charge >= 0.3 is 0 Å². The summed E-state index contributed by atoms with van der Waals surface area (Å²) in [6, 6.07) is 7.80. The summed E-state index contributed by atoms with van der Waals surface area (Å²) in [5.41, 5.74) is 7.60. The Hall–Kier alpha value is -1.42. The quantitative estimate of drug-likeness (QED) is 0.804. The van der Waals surface area contributed by atoms with Crippen LogP contribution in [0.1, 0.15) is 26.3 Å². The molecule has 1 aromatic rings. The molecule has 1 rings (SSSR count). The molecule has 0 aromatic heterocycles. The minimum Gasteiger partial charge on any atom is -0.393 e. The first-order valence-corrected chi connectivity index (χ1v) is 6.55. The van der Waals surface area contributed by atoms with Crippen LogP contribution in [0.15, 0.2) is 24.3 Å². The van der Waals surface area contributed by atoms with Gasteiger partial charge in [-0.2, -0.15) is 0 Å². The zero-order valence-electron chi connectivity index (χ0n) is 11.1. The first kappa shape index (κ1) is 14.6. The molecule has 1 amide bonds. The number of hydrogen-bond donors (Lipinski definition) is 2. The fraction of sp³-hybridized carbons (Fsp3) is 0.429. The van der Waals surface area contributed by atoms with E-state index in [-0.39, 0.29) is 16.8 Å². The maximum Gasteiger partial charge on any atom is 0.234 e. The Labute approximate surface area is 114 Å². The SMILES string of the molecule is CCc1cccc(NC(=O)C(C(N)=S)C(C)C)c1. The lowest BCUT2D eigenvalue weighted by Gasteiger charge is -2.19. The van der Waals surface area contributed by atoms with Crippen LogP contribution < -0.4 is 11.1 Å². The number of benzene rings is 1. The van der Waals surface area contributed by atoms with Gasteiger partial charge in [0.25, 0.3) is 0 Å². The van der Waals surface area contributed by atoms with Gasteiger partial charge in [0.05, 0.1) is 10.9 Å². The number of anilines is 1. The second kappa shape index (κ2) is 6.50. The molecule has 3 N–H and O–H groups in total. The smallest absolute Gasteiger partial charge is 0.234 e. The van der Waals surface area contributed by atoms with Gasteiger partial charge in [0, 0.05) is 5.69 Å². The van der Waals surface area contributed by atoms with Gasteiger partial charge in [-0.25, -0.2) is 0 Å². The summed E-state index contributed by atoms with van der Waals surface area (Å²) < 4.78 is 0. The van der Waals surface area contributed by atoms with Crippen molar-refractivity contribution in [1.29, 1.82) is 0 Å². The van der Waals surface area contributed by atoms with Crippen LogP contribution in [0.25, 0.3) is 0 Å². The van der Waals surface area contributed by atoms with E-state index in [4.69, 9.17) is 18.0 Å². The number of hydrogen-bond acceptors (Lipinski definition) is 2. The predicted octanol–water partition coefficient (Wildman–Crippen LogP) is 2.75. The molecule has 0 radical (unpaired) electrons. The van der Waals surface area contributed by atoms with Gasteiger partial charge < -0.3 is 11.1 Å². The highest BCUT2D eigenvalue weighted by molar-refractivity contribution is 7.80. The van der Waals surface area contributed by atoms with E-state index in [1.165, 1.54) is 5.56 Å². The average molecular weight is 264 g/mol. The van der Waals surface area contributed by atoms with Crippen molar-refractivity contribution >= 4 is 28.8 Å². The number of thiocarbonyl (C=S) groups is 1. The van der Waals surface area contributed by atoms with E-state index in [2.05, 4.69) is 12.2 Å². The lowest BCUT2D eigenvalue weighted by atomic mass is 9.95. The van der Waals surface area contributed by atoms with Crippen LogP contribution in [0.3, 0.4) is 0 Å². The molecule has 4 heteroatoms. The first-order valence-electron chi connectivity index (χ1n) is 6.14. The molecule has 0 aliphatic carbocycles. The van der Waals surface area contributed by atoms with Crippen LogP contribution in [-0.2, 0) is 11.2 Å². The molecule has 0 aliphatic rings. The zero-order valence-corrected chi connectivity index (χ0v) is 11.9.